The number of hydrogen-bond donors (Lipinski definition) is 1. The summed E-state index contributed by atoms with van der Waals surface area (Å²) in [6.07, 6.45) is 25.5. The Labute approximate surface area is 261 Å². The molecule has 2 fully saturated rings. The van der Waals surface area contributed by atoms with E-state index in [0.717, 1.165) is 38.5 Å². The van der Waals surface area contributed by atoms with Gasteiger partial charge in [-0.25, -0.2) is 0 Å². The molecule has 1 saturated carbocycles. The van der Waals surface area contributed by atoms with Gasteiger partial charge in [0, 0.05) is 5.92 Å². The van der Waals surface area contributed by atoms with Gasteiger partial charge in [0.25, 0.3) is 0 Å². The highest BCUT2D eigenvalue weighted by Gasteiger charge is 2.76. The number of epoxide rings is 1. The van der Waals surface area contributed by atoms with Gasteiger partial charge in [-0.05, 0) is 101 Å². The number of amides is 1. The molecule has 6 atom stereocenters. The predicted octanol–water partition coefficient (Wildman–Crippen LogP) is 8.90. The van der Waals surface area contributed by atoms with Crippen LogP contribution in [0.25, 0.3) is 0 Å². The van der Waals surface area contributed by atoms with E-state index < -0.39 is 16.6 Å². The molecule has 3 aliphatic rings. The summed E-state index contributed by atoms with van der Waals surface area (Å²) < 4.78 is 6.32. The van der Waals surface area contributed by atoms with Crippen molar-refractivity contribution >= 4 is 17.5 Å². The van der Waals surface area contributed by atoms with E-state index in [-0.39, 0.29) is 29.3 Å². The van der Waals surface area contributed by atoms with Crippen LogP contribution in [-0.2, 0) is 19.1 Å². The molecule has 1 amide bonds. The molecular weight excluding hydrogens is 534 g/mol. The molecule has 1 heterocycles. The Hall–Kier alpha value is -2.49. The molecule has 3 unspecified atom stereocenters. The van der Waals surface area contributed by atoms with Crippen molar-refractivity contribution in [3.63, 3.8) is 0 Å². The number of allylic oxidation sites excluding steroid dienone is 4. The summed E-state index contributed by atoms with van der Waals surface area (Å²) in [6, 6.07) is 0. The lowest BCUT2D eigenvalue weighted by Crippen LogP contribution is -2.47. The molecule has 1 aliphatic heterocycles. The van der Waals surface area contributed by atoms with E-state index in [1.807, 2.05) is 32.1 Å². The number of ketones is 2. The summed E-state index contributed by atoms with van der Waals surface area (Å²) in [4.78, 5) is 38.2. The maximum atomic E-state index is 13.7. The van der Waals surface area contributed by atoms with Gasteiger partial charge in [-0.3, -0.25) is 14.4 Å². The lowest BCUT2D eigenvalue weighted by atomic mass is 9.71. The topological polar surface area (TPSA) is 75.8 Å². The maximum absolute atomic E-state index is 13.7. The molecule has 5 heteroatoms. The van der Waals surface area contributed by atoms with E-state index in [0.29, 0.717) is 18.0 Å². The van der Waals surface area contributed by atoms with Gasteiger partial charge in [-0.15, -0.1) is 5.73 Å². The second kappa shape index (κ2) is 15.5. The van der Waals surface area contributed by atoms with Gasteiger partial charge in [0.15, 0.2) is 11.4 Å². The third-order valence-electron chi connectivity index (χ3n) is 10.1. The molecule has 0 spiro atoms. The molecule has 0 aromatic heterocycles. The summed E-state index contributed by atoms with van der Waals surface area (Å²) in [5.41, 5.74) is 3.16. The number of carbonyl (C=O) groups excluding carboxylic acids is 3. The van der Waals surface area contributed by atoms with Crippen LogP contribution in [0.1, 0.15) is 132 Å². The van der Waals surface area contributed by atoms with Crippen LogP contribution >= 0.6 is 0 Å². The fourth-order valence-corrected chi connectivity index (χ4v) is 7.14. The zero-order valence-corrected chi connectivity index (χ0v) is 28.0. The third kappa shape index (κ3) is 8.17. The van der Waals surface area contributed by atoms with Gasteiger partial charge < -0.3 is 10.1 Å². The minimum atomic E-state index is -0.865. The minimum absolute atomic E-state index is 0.0601. The number of Topliss-reactive ketones (excluding diaryl/α,β-unsaturated/α-hetero) is 1. The van der Waals surface area contributed by atoms with Crippen molar-refractivity contribution in [3.05, 3.63) is 53.5 Å². The van der Waals surface area contributed by atoms with Crippen LogP contribution in [0.2, 0.25) is 0 Å². The van der Waals surface area contributed by atoms with Crippen LogP contribution in [0.5, 0.6) is 0 Å². The summed E-state index contributed by atoms with van der Waals surface area (Å²) in [6.45, 7) is 14.3. The number of ether oxygens (including phenoxy) is 1. The van der Waals surface area contributed by atoms with Gasteiger partial charge in [-0.2, -0.15) is 0 Å². The van der Waals surface area contributed by atoms with Gasteiger partial charge in [0.1, 0.15) is 5.60 Å². The largest absolute Gasteiger partial charge is 0.353 e. The Bertz CT molecular complexity index is 1170. The second-order valence-corrected chi connectivity index (χ2v) is 13.5. The van der Waals surface area contributed by atoms with Crippen LogP contribution in [0, 0.1) is 23.2 Å². The molecule has 1 N–H and O–H groups in total. The predicted molar refractivity (Wildman–Crippen MR) is 175 cm³/mol. The monoisotopic (exact) mass is 591 g/mol. The number of hydrogen-bond acceptors (Lipinski definition) is 4. The van der Waals surface area contributed by atoms with Crippen molar-refractivity contribution in [3.8, 4) is 0 Å². The number of carbonyl (C=O) groups is 3. The minimum Gasteiger partial charge on any atom is -0.353 e. The zero-order chi connectivity index (χ0) is 31.7. The van der Waals surface area contributed by atoms with Crippen LogP contribution in [-0.4, -0.2) is 28.7 Å². The first-order chi connectivity index (χ1) is 20.5. The number of fused-ring (bicyclic) bond motifs is 1. The maximum Gasteiger partial charge on any atom is 0.231 e. The van der Waals surface area contributed by atoms with E-state index in [2.05, 4.69) is 50.9 Å². The average Bonchev–Trinajstić information content (AvgIpc) is 3.87. The Morgan fingerprint density at radius 2 is 1.77 bits per heavy atom. The van der Waals surface area contributed by atoms with Crippen molar-refractivity contribution in [1.82, 2.24) is 5.32 Å². The van der Waals surface area contributed by atoms with E-state index in [1.165, 1.54) is 44.1 Å². The zero-order valence-electron chi connectivity index (χ0n) is 28.0. The van der Waals surface area contributed by atoms with Crippen molar-refractivity contribution < 1.29 is 19.1 Å². The lowest BCUT2D eigenvalue weighted by Gasteiger charge is -2.28. The van der Waals surface area contributed by atoms with E-state index in [1.54, 1.807) is 13.0 Å². The fraction of sp³-hybridized carbons (Fsp3) is 0.684. The first-order valence-corrected chi connectivity index (χ1v) is 17.1. The highest BCUT2D eigenvalue weighted by atomic mass is 16.6. The first-order valence-electron chi connectivity index (χ1n) is 17.1. The van der Waals surface area contributed by atoms with Crippen LogP contribution < -0.4 is 5.32 Å². The van der Waals surface area contributed by atoms with E-state index in [4.69, 9.17) is 4.74 Å². The van der Waals surface area contributed by atoms with E-state index in [9.17, 15) is 14.4 Å². The summed E-state index contributed by atoms with van der Waals surface area (Å²) >= 11 is 0. The van der Waals surface area contributed by atoms with E-state index >= 15 is 0 Å². The summed E-state index contributed by atoms with van der Waals surface area (Å²) in [5.74, 6) is 0.592. The molecule has 1 saturated heterocycles. The Morgan fingerprint density at radius 3 is 2.42 bits per heavy atom. The molecule has 3 rings (SSSR count). The number of nitrogens with one attached hydrogen (secondary N) is 1. The molecule has 0 aromatic carbocycles. The smallest absolute Gasteiger partial charge is 0.231 e. The molecule has 0 radical (unpaired) electrons. The molecule has 0 aromatic rings. The van der Waals surface area contributed by atoms with Gasteiger partial charge >= 0.3 is 0 Å². The van der Waals surface area contributed by atoms with Crippen molar-refractivity contribution in [2.45, 2.75) is 143 Å². The highest BCUT2D eigenvalue weighted by Crippen LogP contribution is 2.62. The molecule has 0 bridgehead atoms. The lowest BCUT2D eigenvalue weighted by molar-refractivity contribution is -0.128. The van der Waals surface area contributed by atoms with Crippen LogP contribution in [0.15, 0.2) is 53.5 Å². The van der Waals surface area contributed by atoms with Crippen molar-refractivity contribution in [2.24, 2.45) is 23.2 Å². The molecule has 238 valence electrons. The summed E-state index contributed by atoms with van der Waals surface area (Å²) in [5, 5.41) is 3.07. The molecule has 5 nitrogen and oxygen atoms in total. The highest BCUT2D eigenvalue weighted by molar-refractivity contribution is 6.09. The second-order valence-electron chi connectivity index (χ2n) is 13.5. The Morgan fingerprint density at radius 1 is 1.07 bits per heavy atom. The molecular formula is C38H57NO4. The van der Waals surface area contributed by atoms with Gasteiger partial charge in [-0.1, -0.05) is 84.4 Å². The van der Waals surface area contributed by atoms with Gasteiger partial charge in [0.05, 0.1) is 11.1 Å². The van der Waals surface area contributed by atoms with Crippen molar-refractivity contribution in [2.75, 3.05) is 0 Å². The fourth-order valence-electron chi connectivity index (χ4n) is 7.14. The van der Waals surface area contributed by atoms with Crippen molar-refractivity contribution in [1.29, 1.82) is 0 Å². The van der Waals surface area contributed by atoms with Crippen LogP contribution in [0.4, 0.5) is 0 Å². The molecule has 2 aliphatic carbocycles. The van der Waals surface area contributed by atoms with Gasteiger partial charge in [0.2, 0.25) is 11.7 Å². The standard InChI is InChI=1S/C38H57NO4/c1-8-11-22-28(4)25-29(5)32-27-36(32,7)35(42)39-33-26-31(37(9-2)38(10-3,43-37)34(33)41)24-21-19-17-15-13-12-14-16-18-20-23-30(6)40/h19-20,23-26,28,31-32H,8-18,22,27H2,1-7H3,(H,39,42)/b23-20+,29-25+/t21?,28-,31?,32?,36?,37+,38-/m1/s1. The number of unbranched alkanes of at least 4 members (excludes halogenated alkanes) is 7. The van der Waals surface area contributed by atoms with Crippen LogP contribution in [0.3, 0.4) is 0 Å². The summed E-state index contributed by atoms with van der Waals surface area (Å²) in [7, 11) is 0. The average molecular weight is 592 g/mol. The quantitative estimate of drug-likeness (QED) is 0.0535. The SMILES string of the molecule is CCCC[C@@H](C)/C=C(\C)C1CC1(C)C(=O)NC1=CC(C=C=CCCCCCCC/C=C/C(C)=O)[C@]2(CC)O[C@]2(CC)C1=O. The third-order valence-corrected chi connectivity index (χ3v) is 10.1. The Balaban J connectivity index is 1.60. The normalized spacial score (nSPS) is 30.3. The first kappa shape index (κ1) is 35.0. The Kier molecular flexibility index (Phi) is 12.6. The number of rotatable bonds is 19. The molecule has 43 heavy (non-hydrogen) atoms.